The van der Waals surface area contributed by atoms with Crippen LogP contribution in [0.5, 0.6) is 0 Å². The molecule has 1 heterocycles. The van der Waals surface area contributed by atoms with Gasteiger partial charge in [-0.15, -0.1) is 0 Å². The highest BCUT2D eigenvalue weighted by Gasteiger charge is 2.33. The lowest BCUT2D eigenvalue weighted by atomic mass is 9.85. The minimum atomic E-state index is -0.947. The Morgan fingerprint density at radius 1 is 1.29 bits per heavy atom. The van der Waals surface area contributed by atoms with Gasteiger partial charge in [0, 0.05) is 5.69 Å². The number of carbonyl (C=O) groups excluding carboxylic acids is 1. The predicted octanol–water partition coefficient (Wildman–Crippen LogP) is 2.80. The Labute approximate surface area is 141 Å². The molecule has 2 N–H and O–H groups in total. The van der Waals surface area contributed by atoms with E-state index < -0.39 is 11.5 Å². The molecule has 2 aromatic rings. The summed E-state index contributed by atoms with van der Waals surface area (Å²) < 4.78 is 1.69. The summed E-state index contributed by atoms with van der Waals surface area (Å²) in [5, 5.41) is 16.3. The van der Waals surface area contributed by atoms with Gasteiger partial charge in [-0.1, -0.05) is 32.0 Å². The summed E-state index contributed by atoms with van der Waals surface area (Å²) in [6.07, 6.45) is -0.144. The summed E-state index contributed by atoms with van der Waals surface area (Å²) in [4.78, 5) is 23.7. The highest BCUT2D eigenvalue weighted by molar-refractivity contribution is 5.93. The molecular formula is C18H23N3O3. The Morgan fingerprint density at radius 2 is 1.92 bits per heavy atom. The third kappa shape index (κ3) is 3.82. The Balaban J connectivity index is 2.26. The molecule has 0 saturated heterocycles. The maximum absolute atomic E-state index is 12.6. The zero-order valence-corrected chi connectivity index (χ0v) is 14.4. The highest BCUT2D eigenvalue weighted by atomic mass is 16.4. The largest absolute Gasteiger partial charge is 0.481 e. The van der Waals surface area contributed by atoms with E-state index in [9.17, 15) is 9.59 Å². The molecule has 128 valence electrons. The van der Waals surface area contributed by atoms with E-state index in [0.29, 0.717) is 0 Å². The first kappa shape index (κ1) is 17.7. The standard InChI is InChI=1S/C18H23N3O3/c1-12(2)18(4,11-16(22)23)19-17(24)15-10-13(3)21(20-15)14-8-6-5-7-9-14/h5-10,12H,11H2,1-4H3,(H,19,24)(H,22,23). The van der Waals surface area contributed by atoms with Crippen molar-refractivity contribution in [3.8, 4) is 5.69 Å². The van der Waals surface area contributed by atoms with Crippen LogP contribution in [-0.2, 0) is 4.79 Å². The first-order valence-electron chi connectivity index (χ1n) is 7.89. The van der Waals surface area contributed by atoms with Gasteiger partial charge >= 0.3 is 5.97 Å². The highest BCUT2D eigenvalue weighted by Crippen LogP contribution is 2.22. The fourth-order valence-electron chi connectivity index (χ4n) is 2.45. The van der Waals surface area contributed by atoms with Gasteiger partial charge < -0.3 is 10.4 Å². The lowest BCUT2D eigenvalue weighted by Crippen LogP contribution is -2.51. The van der Waals surface area contributed by atoms with Crippen molar-refractivity contribution in [1.82, 2.24) is 15.1 Å². The molecule has 0 aliphatic carbocycles. The monoisotopic (exact) mass is 329 g/mol. The summed E-state index contributed by atoms with van der Waals surface area (Å²) in [5.74, 6) is -1.35. The van der Waals surface area contributed by atoms with E-state index >= 15 is 0 Å². The molecule has 0 aliphatic heterocycles. The van der Waals surface area contributed by atoms with Crippen LogP contribution in [-0.4, -0.2) is 32.3 Å². The summed E-state index contributed by atoms with van der Waals surface area (Å²) in [6.45, 7) is 7.38. The number of amides is 1. The smallest absolute Gasteiger partial charge is 0.305 e. The van der Waals surface area contributed by atoms with Crippen molar-refractivity contribution in [2.24, 2.45) is 5.92 Å². The Bertz CT molecular complexity index is 737. The lowest BCUT2D eigenvalue weighted by Gasteiger charge is -2.33. The van der Waals surface area contributed by atoms with Crippen molar-refractivity contribution < 1.29 is 14.7 Å². The number of aromatic nitrogens is 2. The van der Waals surface area contributed by atoms with Gasteiger partial charge in [-0.3, -0.25) is 9.59 Å². The second kappa shape index (κ2) is 6.86. The second-order valence-electron chi connectivity index (χ2n) is 6.52. The SMILES string of the molecule is Cc1cc(C(=O)NC(C)(CC(=O)O)C(C)C)nn1-c1ccccc1. The van der Waals surface area contributed by atoms with E-state index in [1.807, 2.05) is 51.1 Å². The van der Waals surface area contributed by atoms with Crippen LogP contribution < -0.4 is 5.32 Å². The number of aryl methyl sites for hydroxylation is 1. The molecule has 1 aromatic carbocycles. The number of carboxylic acid groups (broad SMARTS) is 1. The topological polar surface area (TPSA) is 84.2 Å². The minimum absolute atomic E-state index is 0.0325. The van der Waals surface area contributed by atoms with E-state index in [2.05, 4.69) is 10.4 Å². The molecule has 2 rings (SSSR count). The molecule has 0 saturated carbocycles. The quantitative estimate of drug-likeness (QED) is 0.853. The Morgan fingerprint density at radius 3 is 2.46 bits per heavy atom. The van der Waals surface area contributed by atoms with Crippen molar-refractivity contribution in [1.29, 1.82) is 0 Å². The third-order valence-corrected chi connectivity index (χ3v) is 4.31. The van der Waals surface area contributed by atoms with Crippen LogP contribution in [0.2, 0.25) is 0 Å². The number of nitrogens with one attached hydrogen (secondary N) is 1. The van der Waals surface area contributed by atoms with Gasteiger partial charge in [0.1, 0.15) is 0 Å². The number of para-hydroxylation sites is 1. The number of hydrogen-bond acceptors (Lipinski definition) is 3. The summed E-state index contributed by atoms with van der Waals surface area (Å²) in [6, 6.07) is 11.2. The van der Waals surface area contributed by atoms with Crippen molar-refractivity contribution in [2.45, 2.75) is 39.7 Å². The summed E-state index contributed by atoms with van der Waals surface area (Å²) in [5.41, 5.74) is 1.13. The average molecular weight is 329 g/mol. The van der Waals surface area contributed by atoms with Gasteiger partial charge in [-0.2, -0.15) is 5.10 Å². The van der Waals surface area contributed by atoms with Crippen LogP contribution in [0.3, 0.4) is 0 Å². The molecule has 1 amide bonds. The van der Waals surface area contributed by atoms with Crippen molar-refractivity contribution in [3.05, 3.63) is 47.8 Å². The van der Waals surface area contributed by atoms with Crippen molar-refractivity contribution in [3.63, 3.8) is 0 Å². The summed E-state index contributed by atoms with van der Waals surface area (Å²) in [7, 11) is 0. The maximum atomic E-state index is 12.6. The van der Waals surface area contributed by atoms with Gasteiger partial charge in [-0.05, 0) is 38.0 Å². The number of carboxylic acids is 1. The number of nitrogens with zero attached hydrogens (tertiary/aromatic N) is 2. The molecule has 0 spiro atoms. The van der Waals surface area contributed by atoms with Gasteiger partial charge in [0.15, 0.2) is 5.69 Å². The maximum Gasteiger partial charge on any atom is 0.305 e. The Hall–Kier alpha value is -2.63. The lowest BCUT2D eigenvalue weighted by molar-refractivity contribution is -0.138. The van der Waals surface area contributed by atoms with Gasteiger partial charge in [-0.25, -0.2) is 4.68 Å². The normalized spacial score (nSPS) is 13.5. The van der Waals surface area contributed by atoms with Crippen LogP contribution >= 0.6 is 0 Å². The molecule has 1 atom stereocenters. The molecule has 6 heteroatoms. The fraction of sp³-hybridized carbons (Fsp3) is 0.389. The number of carbonyl (C=O) groups is 2. The predicted molar refractivity (Wildman–Crippen MR) is 91.3 cm³/mol. The van der Waals surface area contributed by atoms with Crippen LogP contribution in [0.15, 0.2) is 36.4 Å². The molecular weight excluding hydrogens is 306 g/mol. The van der Waals surface area contributed by atoms with E-state index in [1.54, 1.807) is 17.7 Å². The van der Waals surface area contributed by atoms with E-state index in [-0.39, 0.29) is 23.9 Å². The third-order valence-electron chi connectivity index (χ3n) is 4.31. The van der Waals surface area contributed by atoms with Gasteiger partial charge in [0.05, 0.1) is 17.6 Å². The molecule has 0 radical (unpaired) electrons. The van der Waals surface area contributed by atoms with Crippen molar-refractivity contribution in [2.75, 3.05) is 0 Å². The number of benzene rings is 1. The van der Waals surface area contributed by atoms with Crippen LogP contribution in [0.1, 0.15) is 43.4 Å². The second-order valence-corrected chi connectivity index (χ2v) is 6.52. The van der Waals surface area contributed by atoms with Crippen molar-refractivity contribution >= 4 is 11.9 Å². The first-order chi connectivity index (χ1) is 11.2. The fourth-order valence-corrected chi connectivity index (χ4v) is 2.45. The zero-order valence-electron chi connectivity index (χ0n) is 14.4. The van der Waals surface area contributed by atoms with Crippen LogP contribution in [0.25, 0.3) is 5.69 Å². The number of rotatable bonds is 6. The molecule has 0 aliphatic rings. The zero-order chi connectivity index (χ0) is 17.9. The van der Waals surface area contributed by atoms with Crippen LogP contribution in [0.4, 0.5) is 0 Å². The van der Waals surface area contributed by atoms with Gasteiger partial charge in [0.2, 0.25) is 0 Å². The van der Waals surface area contributed by atoms with Crippen LogP contribution in [0, 0.1) is 12.8 Å². The number of hydrogen-bond donors (Lipinski definition) is 2. The molecule has 1 unspecified atom stereocenters. The molecule has 0 fully saturated rings. The molecule has 0 bridgehead atoms. The summed E-state index contributed by atoms with van der Waals surface area (Å²) >= 11 is 0. The molecule has 1 aromatic heterocycles. The van der Waals surface area contributed by atoms with E-state index in [0.717, 1.165) is 11.4 Å². The van der Waals surface area contributed by atoms with Gasteiger partial charge in [0.25, 0.3) is 5.91 Å². The average Bonchev–Trinajstić information content (AvgIpc) is 2.89. The first-order valence-corrected chi connectivity index (χ1v) is 7.89. The number of aliphatic carboxylic acids is 1. The van der Waals surface area contributed by atoms with E-state index in [4.69, 9.17) is 5.11 Å². The van der Waals surface area contributed by atoms with E-state index in [1.165, 1.54) is 0 Å². The molecule has 6 nitrogen and oxygen atoms in total. The Kier molecular flexibility index (Phi) is 5.07. The molecule has 24 heavy (non-hydrogen) atoms. The minimum Gasteiger partial charge on any atom is -0.481 e.